The molecular formula is C22H22ClN7O2. The molecule has 10 heteroatoms. The third-order valence-corrected chi connectivity index (χ3v) is 4.83. The molecule has 0 fully saturated rings. The van der Waals surface area contributed by atoms with Gasteiger partial charge in [-0.25, -0.2) is 4.98 Å². The van der Waals surface area contributed by atoms with Crippen LogP contribution in [0.4, 0.5) is 17.6 Å². The van der Waals surface area contributed by atoms with E-state index in [1.165, 1.54) is 7.11 Å². The number of halogens is 1. The Balaban J connectivity index is 1.51. The van der Waals surface area contributed by atoms with Crippen LogP contribution in [0.3, 0.4) is 0 Å². The van der Waals surface area contributed by atoms with Gasteiger partial charge in [0.2, 0.25) is 11.9 Å². The Bertz CT molecular complexity index is 1210. The van der Waals surface area contributed by atoms with Crippen molar-refractivity contribution >= 4 is 29.2 Å². The lowest BCUT2D eigenvalue weighted by atomic mass is 10.2. The summed E-state index contributed by atoms with van der Waals surface area (Å²) in [4.78, 5) is 17.2. The molecule has 0 bridgehead atoms. The first kappa shape index (κ1) is 21.4. The van der Waals surface area contributed by atoms with Gasteiger partial charge in [-0.3, -0.25) is 0 Å². The number of ether oxygens (including phenoxy) is 2. The third-order valence-electron chi connectivity index (χ3n) is 4.58. The van der Waals surface area contributed by atoms with Crippen molar-refractivity contribution in [2.45, 2.75) is 13.5 Å². The zero-order chi connectivity index (χ0) is 22.5. The number of aryl methyl sites for hydroxylation is 1. The number of hydrogen-bond acceptors (Lipinski definition) is 8. The quantitative estimate of drug-likeness (QED) is 0.407. The van der Waals surface area contributed by atoms with Gasteiger partial charge in [-0.05, 0) is 48.9 Å². The van der Waals surface area contributed by atoms with Crippen LogP contribution in [0, 0.1) is 6.92 Å². The highest BCUT2D eigenvalue weighted by atomic mass is 35.5. The molecule has 0 spiro atoms. The normalized spacial score (nSPS) is 10.6. The van der Waals surface area contributed by atoms with Gasteiger partial charge in [-0.1, -0.05) is 17.7 Å². The van der Waals surface area contributed by atoms with Crippen molar-refractivity contribution in [2.75, 3.05) is 24.9 Å². The number of nitrogens with zero attached hydrogens (tertiary/aromatic N) is 5. The second-order valence-electron chi connectivity index (χ2n) is 6.88. The van der Waals surface area contributed by atoms with Crippen molar-refractivity contribution in [3.63, 3.8) is 0 Å². The molecule has 0 radical (unpaired) electrons. The van der Waals surface area contributed by atoms with Crippen LogP contribution >= 0.6 is 11.6 Å². The molecule has 2 aromatic heterocycles. The lowest BCUT2D eigenvalue weighted by Crippen LogP contribution is -2.09. The second kappa shape index (κ2) is 9.52. The van der Waals surface area contributed by atoms with E-state index >= 15 is 0 Å². The molecule has 0 unspecified atom stereocenters. The Morgan fingerprint density at radius 3 is 2.44 bits per heavy atom. The van der Waals surface area contributed by atoms with Crippen molar-refractivity contribution in [2.24, 2.45) is 0 Å². The van der Waals surface area contributed by atoms with Crippen molar-refractivity contribution in [3.8, 4) is 17.4 Å². The Morgan fingerprint density at radius 1 is 0.969 bits per heavy atom. The average Bonchev–Trinajstić information content (AvgIpc) is 3.24. The Morgan fingerprint density at radius 2 is 1.75 bits per heavy atom. The second-order valence-corrected chi connectivity index (χ2v) is 7.32. The lowest BCUT2D eigenvalue weighted by molar-refractivity contribution is 0.379. The molecule has 4 aromatic rings. The van der Waals surface area contributed by atoms with Crippen LogP contribution in [0.25, 0.3) is 5.69 Å². The summed E-state index contributed by atoms with van der Waals surface area (Å²) < 4.78 is 12.7. The highest BCUT2D eigenvalue weighted by Crippen LogP contribution is 2.25. The van der Waals surface area contributed by atoms with Crippen LogP contribution in [0.15, 0.2) is 55.0 Å². The lowest BCUT2D eigenvalue weighted by Gasteiger charge is -2.13. The van der Waals surface area contributed by atoms with Crippen LogP contribution < -0.4 is 20.1 Å². The number of hydrogen-bond donors (Lipinski definition) is 2. The standard InChI is InChI=1S/C22H22ClN7O2/c1-14-12-30(13-25-14)18-9-4-15(10-19(18)31-2)11-24-20-27-21(29-22(28-20)32-3)26-17-7-5-16(23)6-8-17/h4-10,12-13H,11H2,1-3H3,(H2,24,26,27,28,29). The summed E-state index contributed by atoms with van der Waals surface area (Å²) in [5.74, 6) is 1.46. The van der Waals surface area contributed by atoms with E-state index in [0.29, 0.717) is 23.5 Å². The Kier molecular flexibility index (Phi) is 6.37. The van der Waals surface area contributed by atoms with E-state index in [-0.39, 0.29) is 6.01 Å². The van der Waals surface area contributed by atoms with E-state index in [1.54, 1.807) is 25.6 Å². The van der Waals surface area contributed by atoms with Gasteiger partial charge in [0.1, 0.15) is 5.75 Å². The van der Waals surface area contributed by atoms with Crippen molar-refractivity contribution in [1.82, 2.24) is 24.5 Å². The van der Waals surface area contributed by atoms with Crippen LogP contribution in [0.2, 0.25) is 5.02 Å². The smallest absolute Gasteiger partial charge is 0.322 e. The molecule has 9 nitrogen and oxygen atoms in total. The van der Waals surface area contributed by atoms with Crippen molar-refractivity contribution in [3.05, 3.63) is 71.3 Å². The van der Waals surface area contributed by atoms with E-state index in [4.69, 9.17) is 21.1 Å². The highest BCUT2D eigenvalue weighted by molar-refractivity contribution is 6.30. The largest absolute Gasteiger partial charge is 0.495 e. The van der Waals surface area contributed by atoms with E-state index in [9.17, 15) is 0 Å². The maximum atomic E-state index is 5.94. The van der Waals surface area contributed by atoms with E-state index in [2.05, 4.69) is 30.6 Å². The van der Waals surface area contributed by atoms with Gasteiger partial charge in [0.25, 0.3) is 0 Å². The molecule has 0 aliphatic heterocycles. The Labute approximate surface area is 190 Å². The first-order valence-electron chi connectivity index (χ1n) is 9.78. The van der Waals surface area contributed by atoms with Crippen molar-refractivity contribution < 1.29 is 9.47 Å². The maximum Gasteiger partial charge on any atom is 0.322 e. The number of methoxy groups -OCH3 is 2. The fourth-order valence-electron chi connectivity index (χ4n) is 3.02. The fraction of sp³-hybridized carbons (Fsp3) is 0.182. The monoisotopic (exact) mass is 451 g/mol. The average molecular weight is 452 g/mol. The minimum atomic E-state index is 0.197. The number of nitrogens with one attached hydrogen (secondary N) is 2. The van der Waals surface area contributed by atoms with E-state index in [0.717, 1.165) is 28.4 Å². The van der Waals surface area contributed by atoms with Gasteiger partial charge in [0.15, 0.2) is 0 Å². The molecule has 164 valence electrons. The number of anilines is 3. The molecule has 2 N–H and O–H groups in total. The highest BCUT2D eigenvalue weighted by Gasteiger charge is 2.10. The summed E-state index contributed by atoms with van der Waals surface area (Å²) in [6.07, 6.45) is 3.71. The van der Waals surface area contributed by atoms with Gasteiger partial charge < -0.3 is 24.7 Å². The molecule has 0 atom stereocenters. The summed E-state index contributed by atoms with van der Waals surface area (Å²) in [6, 6.07) is 13.4. The van der Waals surface area contributed by atoms with Gasteiger partial charge in [-0.15, -0.1) is 0 Å². The predicted molar refractivity (Wildman–Crippen MR) is 123 cm³/mol. The SMILES string of the molecule is COc1nc(NCc2ccc(-n3cnc(C)c3)c(OC)c2)nc(Nc2ccc(Cl)cc2)n1. The zero-order valence-electron chi connectivity index (χ0n) is 17.8. The van der Waals surface area contributed by atoms with Crippen LogP contribution in [0.5, 0.6) is 11.8 Å². The van der Waals surface area contributed by atoms with Gasteiger partial charge in [0, 0.05) is 23.5 Å². The Hall–Kier alpha value is -3.85. The van der Waals surface area contributed by atoms with Crippen LogP contribution in [-0.4, -0.2) is 38.7 Å². The van der Waals surface area contributed by atoms with E-state index in [1.807, 2.05) is 48.0 Å². The number of benzene rings is 2. The minimum absolute atomic E-state index is 0.197. The van der Waals surface area contributed by atoms with E-state index < -0.39 is 0 Å². The molecule has 0 aliphatic carbocycles. The summed E-state index contributed by atoms with van der Waals surface area (Å²) in [6.45, 7) is 2.42. The fourth-order valence-corrected chi connectivity index (χ4v) is 3.15. The molecule has 2 heterocycles. The number of rotatable bonds is 8. The first-order chi connectivity index (χ1) is 15.5. The summed E-state index contributed by atoms with van der Waals surface area (Å²) >= 11 is 5.94. The molecule has 2 aromatic carbocycles. The molecule has 4 rings (SSSR count). The molecule has 0 saturated carbocycles. The van der Waals surface area contributed by atoms with Crippen LogP contribution in [-0.2, 0) is 6.54 Å². The molecule has 0 saturated heterocycles. The van der Waals surface area contributed by atoms with Gasteiger partial charge in [-0.2, -0.15) is 15.0 Å². The van der Waals surface area contributed by atoms with Crippen molar-refractivity contribution in [1.29, 1.82) is 0 Å². The summed E-state index contributed by atoms with van der Waals surface area (Å²) in [5.41, 5.74) is 3.63. The molecule has 32 heavy (non-hydrogen) atoms. The maximum absolute atomic E-state index is 5.94. The third kappa shape index (κ3) is 5.06. The topological polar surface area (TPSA) is 99.0 Å². The first-order valence-corrected chi connectivity index (χ1v) is 10.2. The molecular weight excluding hydrogens is 430 g/mol. The van der Waals surface area contributed by atoms with Crippen LogP contribution in [0.1, 0.15) is 11.3 Å². The zero-order valence-corrected chi connectivity index (χ0v) is 18.6. The molecule has 0 aliphatic rings. The van der Waals surface area contributed by atoms with Gasteiger partial charge in [0.05, 0.1) is 31.9 Å². The number of aromatic nitrogens is 5. The minimum Gasteiger partial charge on any atom is -0.495 e. The van der Waals surface area contributed by atoms with Gasteiger partial charge >= 0.3 is 6.01 Å². The molecule has 0 amide bonds. The summed E-state index contributed by atoms with van der Waals surface area (Å²) in [7, 11) is 3.15. The summed E-state index contributed by atoms with van der Waals surface area (Å²) in [5, 5.41) is 6.98. The predicted octanol–water partition coefficient (Wildman–Crippen LogP) is 4.39. The number of imidazole rings is 1.